The monoisotopic (exact) mass is 338 g/mol. The number of carboxylic acid groups (broad SMARTS) is 1. The Labute approximate surface area is 156 Å². The molecule has 25 heavy (non-hydrogen) atoms. The smallest absolute Gasteiger partial charge is 0.548 e. The van der Waals surface area contributed by atoms with Crippen LogP contribution in [0.2, 0.25) is 0 Å². The number of H-pyrrole nitrogens is 1. The predicted octanol–water partition coefficient (Wildman–Crippen LogP) is -4.46. The van der Waals surface area contributed by atoms with Crippen molar-refractivity contribution in [2.24, 2.45) is 11.5 Å². The average molecular weight is 338 g/mol. The third-order valence-corrected chi connectivity index (χ3v) is 3.77. The fourth-order valence-electron chi connectivity index (χ4n) is 2.41. The van der Waals surface area contributed by atoms with Crippen molar-refractivity contribution in [2.75, 3.05) is 0 Å². The second-order valence-corrected chi connectivity index (χ2v) is 5.55. The van der Waals surface area contributed by atoms with Crippen LogP contribution in [-0.2, 0) is 20.8 Å². The van der Waals surface area contributed by atoms with Crippen molar-refractivity contribution in [1.82, 2.24) is 10.3 Å². The molecule has 0 bridgehead atoms. The molecule has 0 saturated carbocycles. The molecule has 1 aromatic heterocycles. The molecule has 2 atom stereocenters. The van der Waals surface area contributed by atoms with Crippen LogP contribution in [0.25, 0.3) is 10.9 Å². The molecule has 0 aliphatic rings. The molecule has 0 saturated heterocycles. The van der Waals surface area contributed by atoms with E-state index in [4.69, 9.17) is 11.5 Å². The first kappa shape index (κ1) is 20.8. The van der Waals surface area contributed by atoms with Crippen LogP contribution in [0.15, 0.2) is 30.5 Å². The minimum atomic E-state index is -1.38. The summed E-state index contributed by atoms with van der Waals surface area (Å²) in [7, 11) is 0. The van der Waals surface area contributed by atoms with Gasteiger partial charge in [-0.15, -0.1) is 0 Å². The number of para-hydroxylation sites is 1. The number of carboxylic acids is 1. The summed E-state index contributed by atoms with van der Waals surface area (Å²) in [6, 6.07) is 5.32. The van der Waals surface area contributed by atoms with E-state index in [-0.39, 0.29) is 38.1 Å². The molecule has 2 rings (SSSR count). The molecule has 128 valence electrons. The Balaban J connectivity index is 0.00000312. The number of aliphatic carboxylic acids is 1. The summed E-state index contributed by atoms with van der Waals surface area (Å²) in [5, 5.41) is 14.6. The molecular weight excluding hydrogens is 319 g/mol. The number of amides is 2. The van der Waals surface area contributed by atoms with Crippen LogP contribution in [0.5, 0.6) is 0 Å². The van der Waals surface area contributed by atoms with E-state index in [9.17, 15) is 19.5 Å². The molecule has 0 aliphatic heterocycles. The van der Waals surface area contributed by atoms with Crippen molar-refractivity contribution in [3.8, 4) is 0 Å². The van der Waals surface area contributed by atoms with Gasteiger partial charge in [-0.1, -0.05) is 18.2 Å². The molecule has 0 fully saturated rings. The third kappa shape index (κ3) is 5.64. The molecule has 8 nitrogen and oxygen atoms in total. The number of primary amides is 1. The number of aromatic amines is 1. The fraction of sp³-hybridized carbons (Fsp3) is 0.312. The summed E-state index contributed by atoms with van der Waals surface area (Å²) in [6.07, 6.45) is 1.74. The topological polar surface area (TPSA) is 154 Å². The van der Waals surface area contributed by atoms with E-state index in [0.29, 0.717) is 0 Å². The number of benzene rings is 1. The summed E-state index contributed by atoms with van der Waals surface area (Å²) >= 11 is 0. The van der Waals surface area contributed by atoms with E-state index in [2.05, 4.69) is 10.3 Å². The van der Waals surface area contributed by atoms with E-state index >= 15 is 0 Å². The zero-order chi connectivity index (χ0) is 17.7. The molecule has 2 aromatic rings. The minimum absolute atomic E-state index is 0. The minimum Gasteiger partial charge on any atom is -0.548 e. The number of carbonyl (C=O) groups is 3. The van der Waals surface area contributed by atoms with Gasteiger partial charge in [-0.3, -0.25) is 9.59 Å². The van der Waals surface area contributed by atoms with Crippen LogP contribution in [-0.4, -0.2) is 34.9 Å². The van der Waals surface area contributed by atoms with Gasteiger partial charge < -0.3 is 31.7 Å². The number of fused-ring (bicyclic) bond motifs is 1. The van der Waals surface area contributed by atoms with E-state index in [1.807, 2.05) is 24.3 Å². The summed E-state index contributed by atoms with van der Waals surface area (Å²) in [5.41, 5.74) is 12.1. The van der Waals surface area contributed by atoms with Crippen molar-refractivity contribution in [2.45, 2.75) is 31.3 Å². The number of nitrogens with one attached hydrogen (secondary N) is 2. The van der Waals surface area contributed by atoms with Gasteiger partial charge in [0.25, 0.3) is 0 Å². The second-order valence-electron chi connectivity index (χ2n) is 5.55. The molecular formula is C16H19LiN4O4. The number of nitrogens with two attached hydrogens (primary N) is 2. The van der Waals surface area contributed by atoms with Gasteiger partial charge in [0.05, 0.1) is 18.1 Å². The molecule has 0 aliphatic carbocycles. The van der Waals surface area contributed by atoms with Crippen LogP contribution in [0.3, 0.4) is 0 Å². The molecule has 0 spiro atoms. The molecule has 0 radical (unpaired) electrons. The first-order valence-corrected chi connectivity index (χ1v) is 7.48. The number of rotatable bonds is 8. The molecule has 9 heteroatoms. The number of aromatic nitrogens is 1. The largest absolute Gasteiger partial charge is 1.00 e. The maximum absolute atomic E-state index is 11.9. The SMILES string of the molecule is NC(=O)[C@H](N)CCC(=O)N[C@H](Cc1c[nH]c2ccccc12)C(=O)[O-].[Li+]. The van der Waals surface area contributed by atoms with E-state index < -0.39 is 29.9 Å². The Morgan fingerprint density at radius 2 is 1.92 bits per heavy atom. The van der Waals surface area contributed by atoms with Gasteiger partial charge in [-0.25, -0.2) is 0 Å². The van der Waals surface area contributed by atoms with Gasteiger partial charge >= 0.3 is 18.9 Å². The summed E-state index contributed by atoms with van der Waals surface area (Å²) in [4.78, 5) is 37.0. The Bertz CT molecular complexity index is 761. The van der Waals surface area contributed by atoms with Gasteiger partial charge in [0.15, 0.2) is 0 Å². The fourth-order valence-corrected chi connectivity index (χ4v) is 2.41. The Kier molecular flexibility index (Phi) is 7.70. The van der Waals surface area contributed by atoms with Crippen LogP contribution in [0.4, 0.5) is 0 Å². The summed E-state index contributed by atoms with van der Waals surface area (Å²) in [5.74, 6) is -2.62. The van der Waals surface area contributed by atoms with Crippen LogP contribution >= 0.6 is 0 Å². The quantitative estimate of drug-likeness (QED) is 0.357. The average Bonchev–Trinajstić information content (AvgIpc) is 2.95. The van der Waals surface area contributed by atoms with E-state index in [1.54, 1.807) is 6.20 Å². The standard InChI is InChI=1S/C16H20N4O4.Li/c17-11(15(18)22)5-6-14(21)20-13(16(23)24)7-9-8-19-12-4-2-1-3-10(9)12;/h1-4,8,11,13,19H,5-7,17H2,(H2,18,22)(H,20,21)(H,23,24);/q;+1/p-1/t11-,13-;/m1./s1. The van der Waals surface area contributed by atoms with Crippen molar-refractivity contribution < 1.29 is 38.4 Å². The van der Waals surface area contributed by atoms with Gasteiger partial charge in [0.2, 0.25) is 11.8 Å². The van der Waals surface area contributed by atoms with Crippen molar-refractivity contribution in [3.63, 3.8) is 0 Å². The zero-order valence-corrected chi connectivity index (χ0v) is 14.0. The van der Waals surface area contributed by atoms with Crippen LogP contribution < -0.4 is 40.8 Å². The molecule has 1 aromatic carbocycles. The van der Waals surface area contributed by atoms with E-state index in [0.717, 1.165) is 16.5 Å². The van der Waals surface area contributed by atoms with E-state index in [1.165, 1.54) is 0 Å². The molecule has 0 unspecified atom stereocenters. The maximum Gasteiger partial charge on any atom is 1.00 e. The maximum atomic E-state index is 11.9. The van der Waals surface area contributed by atoms with Crippen molar-refractivity contribution in [1.29, 1.82) is 0 Å². The summed E-state index contributed by atoms with van der Waals surface area (Å²) < 4.78 is 0. The number of hydrogen-bond donors (Lipinski definition) is 4. The molecule has 2 amide bonds. The first-order valence-electron chi connectivity index (χ1n) is 7.48. The van der Waals surface area contributed by atoms with Crippen molar-refractivity contribution in [3.05, 3.63) is 36.0 Å². The van der Waals surface area contributed by atoms with Gasteiger partial charge in [0.1, 0.15) is 0 Å². The number of hydrogen-bond acceptors (Lipinski definition) is 5. The van der Waals surface area contributed by atoms with Gasteiger partial charge in [0, 0.05) is 29.9 Å². The van der Waals surface area contributed by atoms with Crippen molar-refractivity contribution >= 4 is 28.7 Å². The van der Waals surface area contributed by atoms with Crippen LogP contribution in [0.1, 0.15) is 18.4 Å². The number of carbonyl (C=O) groups excluding carboxylic acids is 3. The molecule has 6 N–H and O–H groups in total. The molecule has 1 heterocycles. The predicted molar refractivity (Wildman–Crippen MR) is 85.3 cm³/mol. The zero-order valence-electron chi connectivity index (χ0n) is 14.0. The Morgan fingerprint density at radius 1 is 1.24 bits per heavy atom. The second kappa shape index (κ2) is 9.27. The Morgan fingerprint density at radius 3 is 2.56 bits per heavy atom. The normalized spacial score (nSPS) is 12.8. The first-order chi connectivity index (χ1) is 11.4. The summed E-state index contributed by atoms with van der Waals surface area (Å²) in [6.45, 7) is 0. The van der Waals surface area contributed by atoms with Gasteiger partial charge in [-0.2, -0.15) is 0 Å². The van der Waals surface area contributed by atoms with Gasteiger partial charge in [-0.05, 0) is 18.1 Å². The third-order valence-electron chi connectivity index (χ3n) is 3.77. The van der Waals surface area contributed by atoms with Crippen LogP contribution in [0, 0.1) is 0 Å². The Hall–Kier alpha value is -2.27.